The van der Waals surface area contributed by atoms with E-state index in [1.807, 2.05) is 5.32 Å². The van der Waals surface area contributed by atoms with Crippen LogP contribution in [-0.4, -0.2) is 19.0 Å². The molecule has 0 aromatic heterocycles. The molecule has 0 atom stereocenters. The molecule has 0 spiro atoms. The van der Waals surface area contributed by atoms with Crippen molar-refractivity contribution in [3.05, 3.63) is 29.3 Å². The number of methoxy groups -OCH3 is 1. The second kappa shape index (κ2) is 4.69. The predicted molar refractivity (Wildman–Crippen MR) is 52.0 cm³/mol. The lowest BCUT2D eigenvalue weighted by Gasteiger charge is -2.08. The zero-order chi connectivity index (χ0) is 12.3. The number of hydrogen-bond donors (Lipinski definition) is 1. The molecule has 6 heteroatoms. The lowest BCUT2D eigenvalue weighted by atomic mass is 10.1. The third-order valence-corrected chi connectivity index (χ3v) is 1.80. The Labute approximate surface area is 90.2 Å². The van der Waals surface area contributed by atoms with Crippen molar-refractivity contribution in [2.75, 3.05) is 12.4 Å². The molecule has 4 nitrogen and oxygen atoms in total. The zero-order valence-corrected chi connectivity index (χ0v) is 8.64. The highest BCUT2D eigenvalue weighted by Gasteiger charge is 2.19. The minimum Gasteiger partial charge on any atom is -0.465 e. The quantitative estimate of drug-likeness (QED) is 0.785. The molecule has 0 fully saturated rings. The number of carbonyl (C=O) groups excluding carboxylic acids is 2. The van der Waals surface area contributed by atoms with Gasteiger partial charge in [-0.1, -0.05) is 0 Å². The second-order valence-electron chi connectivity index (χ2n) is 2.96. The lowest BCUT2D eigenvalue weighted by molar-refractivity contribution is -0.114. The van der Waals surface area contributed by atoms with Crippen LogP contribution in [0.1, 0.15) is 17.3 Å². The number of halogens is 2. The number of anilines is 1. The molecule has 1 rings (SSSR count). The van der Waals surface area contributed by atoms with Gasteiger partial charge in [-0.15, -0.1) is 0 Å². The largest absolute Gasteiger partial charge is 0.465 e. The fraction of sp³-hybridized carbons (Fsp3) is 0.200. The van der Waals surface area contributed by atoms with Gasteiger partial charge in [-0.25, -0.2) is 13.6 Å². The van der Waals surface area contributed by atoms with Gasteiger partial charge in [0.1, 0.15) is 11.5 Å². The van der Waals surface area contributed by atoms with E-state index in [1.54, 1.807) is 0 Å². The van der Waals surface area contributed by atoms with Crippen molar-refractivity contribution < 1.29 is 23.1 Å². The van der Waals surface area contributed by atoms with E-state index in [2.05, 4.69) is 4.74 Å². The molecule has 0 heterocycles. The molecule has 0 radical (unpaired) electrons. The summed E-state index contributed by atoms with van der Waals surface area (Å²) in [6.45, 7) is 1.10. The Morgan fingerprint density at radius 2 is 1.94 bits per heavy atom. The first-order chi connectivity index (χ1) is 7.47. The van der Waals surface area contributed by atoms with Crippen LogP contribution in [-0.2, 0) is 9.53 Å². The van der Waals surface area contributed by atoms with Crippen LogP contribution in [0.5, 0.6) is 0 Å². The smallest absolute Gasteiger partial charge is 0.340 e. The van der Waals surface area contributed by atoms with Crippen LogP contribution in [0.15, 0.2) is 12.1 Å². The molecule has 1 aromatic rings. The number of esters is 1. The van der Waals surface area contributed by atoms with E-state index in [4.69, 9.17) is 0 Å². The molecular weight excluding hydrogens is 220 g/mol. The summed E-state index contributed by atoms with van der Waals surface area (Å²) in [7, 11) is 1.07. The second-order valence-corrected chi connectivity index (χ2v) is 2.96. The highest BCUT2D eigenvalue weighted by molar-refractivity contribution is 5.94. The minimum atomic E-state index is -1.15. The van der Waals surface area contributed by atoms with Gasteiger partial charge >= 0.3 is 5.97 Å². The molecule has 0 aliphatic carbocycles. The van der Waals surface area contributed by atoms with Gasteiger partial charge in [0.2, 0.25) is 5.91 Å². The molecule has 0 saturated carbocycles. The highest BCUT2D eigenvalue weighted by atomic mass is 19.1. The Balaban J connectivity index is 3.26. The molecule has 86 valence electrons. The zero-order valence-electron chi connectivity index (χ0n) is 8.64. The van der Waals surface area contributed by atoms with E-state index in [0.29, 0.717) is 0 Å². The van der Waals surface area contributed by atoms with Crippen molar-refractivity contribution in [2.24, 2.45) is 0 Å². The Bertz CT molecular complexity index is 446. The minimum absolute atomic E-state index is 0.437. The fourth-order valence-electron chi connectivity index (χ4n) is 1.11. The Hall–Kier alpha value is -1.98. The van der Waals surface area contributed by atoms with Gasteiger partial charge in [0, 0.05) is 6.92 Å². The molecule has 0 unspecified atom stereocenters. The summed E-state index contributed by atoms with van der Waals surface area (Å²) in [5.74, 6) is -3.69. The first-order valence-electron chi connectivity index (χ1n) is 4.31. The number of rotatable bonds is 2. The van der Waals surface area contributed by atoms with Gasteiger partial charge in [-0.05, 0) is 12.1 Å². The molecular formula is C10H9F2NO3. The Morgan fingerprint density at radius 1 is 1.31 bits per heavy atom. The summed E-state index contributed by atoms with van der Waals surface area (Å²) >= 11 is 0. The van der Waals surface area contributed by atoms with E-state index in [-0.39, 0.29) is 0 Å². The monoisotopic (exact) mass is 229 g/mol. The van der Waals surface area contributed by atoms with Gasteiger partial charge in [-0.2, -0.15) is 0 Å². The van der Waals surface area contributed by atoms with Crippen LogP contribution in [0.4, 0.5) is 14.5 Å². The van der Waals surface area contributed by atoms with E-state index in [9.17, 15) is 18.4 Å². The van der Waals surface area contributed by atoms with E-state index in [1.165, 1.54) is 0 Å². The van der Waals surface area contributed by atoms with E-state index < -0.39 is 34.8 Å². The van der Waals surface area contributed by atoms with Crippen molar-refractivity contribution in [3.8, 4) is 0 Å². The highest BCUT2D eigenvalue weighted by Crippen LogP contribution is 2.22. The fourth-order valence-corrected chi connectivity index (χ4v) is 1.11. The maximum absolute atomic E-state index is 13.6. The number of ether oxygens (including phenoxy) is 1. The summed E-state index contributed by atoms with van der Waals surface area (Å²) in [4.78, 5) is 21.8. The van der Waals surface area contributed by atoms with Gasteiger partial charge in [0.15, 0.2) is 5.82 Å². The number of nitrogens with one attached hydrogen (secondary N) is 1. The van der Waals surface area contributed by atoms with Crippen LogP contribution in [0.3, 0.4) is 0 Å². The summed E-state index contributed by atoms with van der Waals surface area (Å²) in [5, 5.41) is 1.96. The van der Waals surface area contributed by atoms with Crippen molar-refractivity contribution in [2.45, 2.75) is 6.92 Å². The molecule has 0 aliphatic rings. The van der Waals surface area contributed by atoms with Crippen molar-refractivity contribution >= 4 is 17.6 Å². The van der Waals surface area contributed by atoms with Gasteiger partial charge in [0.05, 0.1) is 12.7 Å². The molecule has 0 saturated heterocycles. The summed E-state index contributed by atoms with van der Waals surface area (Å²) in [6.07, 6.45) is 0. The SMILES string of the molecule is COC(=O)c1ccc(F)c(NC(C)=O)c1F. The summed E-state index contributed by atoms with van der Waals surface area (Å²) in [6, 6.07) is 1.82. The molecule has 0 bridgehead atoms. The van der Waals surface area contributed by atoms with Gasteiger partial charge in [0.25, 0.3) is 0 Å². The molecule has 16 heavy (non-hydrogen) atoms. The average Bonchev–Trinajstić information content (AvgIpc) is 2.23. The topological polar surface area (TPSA) is 55.4 Å². The molecule has 1 N–H and O–H groups in total. The molecule has 1 aromatic carbocycles. The normalized spacial score (nSPS) is 9.75. The maximum Gasteiger partial charge on any atom is 0.340 e. The number of carbonyl (C=O) groups is 2. The summed E-state index contributed by atoms with van der Waals surface area (Å²) < 4.78 is 31.0. The molecule has 0 aliphatic heterocycles. The van der Waals surface area contributed by atoms with Crippen LogP contribution >= 0.6 is 0 Å². The number of hydrogen-bond acceptors (Lipinski definition) is 3. The van der Waals surface area contributed by atoms with E-state index in [0.717, 1.165) is 26.2 Å². The van der Waals surface area contributed by atoms with Crippen molar-refractivity contribution in [1.82, 2.24) is 0 Å². The van der Waals surface area contributed by atoms with Gasteiger partial charge < -0.3 is 10.1 Å². The predicted octanol–water partition coefficient (Wildman–Crippen LogP) is 1.71. The van der Waals surface area contributed by atoms with Crippen LogP contribution in [0.25, 0.3) is 0 Å². The third kappa shape index (κ3) is 2.33. The summed E-state index contributed by atoms with van der Waals surface area (Å²) in [5.41, 5.74) is -1.09. The Morgan fingerprint density at radius 3 is 2.44 bits per heavy atom. The average molecular weight is 229 g/mol. The third-order valence-electron chi connectivity index (χ3n) is 1.80. The number of amides is 1. The lowest BCUT2D eigenvalue weighted by Crippen LogP contribution is -2.13. The van der Waals surface area contributed by atoms with Crippen LogP contribution in [0.2, 0.25) is 0 Å². The standard InChI is InChI=1S/C10H9F2NO3/c1-5(14)13-9-7(11)4-3-6(8(9)12)10(15)16-2/h3-4H,1-2H3,(H,13,14). The van der Waals surface area contributed by atoms with Crippen molar-refractivity contribution in [3.63, 3.8) is 0 Å². The first kappa shape index (κ1) is 12.1. The first-order valence-corrected chi connectivity index (χ1v) is 4.31. The van der Waals surface area contributed by atoms with Crippen LogP contribution < -0.4 is 5.32 Å². The number of benzene rings is 1. The maximum atomic E-state index is 13.6. The van der Waals surface area contributed by atoms with Crippen LogP contribution in [0, 0.1) is 11.6 Å². The van der Waals surface area contributed by atoms with E-state index >= 15 is 0 Å². The van der Waals surface area contributed by atoms with Crippen molar-refractivity contribution in [1.29, 1.82) is 0 Å². The van der Waals surface area contributed by atoms with Gasteiger partial charge in [-0.3, -0.25) is 4.79 Å². The molecule has 1 amide bonds. The Kier molecular flexibility index (Phi) is 3.55.